The number of hydrogen-bond donors (Lipinski definition) is 0. The third-order valence-electron chi connectivity index (χ3n) is 3.91. The summed E-state index contributed by atoms with van der Waals surface area (Å²) < 4.78 is 19.6. The summed E-state index contributed by atoms with van der Waals surface area (Å²) >= 11 is 12.3. The molecule has 0 aliphatic carbocycles. The predicted octanol–water partition coefficient (Wildman–Crippen LogP) is 6.14. The molecule has 2 aromatic carbocycles. The third kappa shape index (κ3) is 3.56. The first-order valence-electron chi connectivity index (χ1n) is 7.91. The molecule has 0 N–H and O–H groups in total. The summed E-state index contributed by atoms with van der Waals surface area (Å²) in [5.74, 6) is 0.407. The van der Waals surface area contributed by atoms with Gasteiger partial charge in [0.25, 0.3) is 5.91 Å². The number of carbonyl (C=O) groups excluding carboxylic acids is 1. The van der Waals surface area contributed by atoms with Gasteiger partial charge in [-0.1, -0.05) is 65.9 Å². The second-order valence-corrected chi connectivity index (χ2v) is 7.77. The van der Waals surface area contributed by atoms with Crippen molar-refractivity contribution in [2.45, 2.75) is 0 Å². The number of thioether (sulfide) groups is 1. The predicted molar refractivity (Wildman–Crippen MR) is 111 cm³/mol. The minimum absolute atomic E-state index is 0.0657. The van der Waals surface area contributed by atoms with Crippen LogP contribution in [0.25, 0.3) is 17.4 Å². The molecule has 27 heavy (non-hydrogen) atoms. The quantitative estimate of drug-likeness (QED) is 0.379. The molecule has 2 heterocycles. The van der Waals surface area contributed by atoms with E-state index < -0.39 is 5.82 Å². The first kappa shape index (κ1) is 18.0. The van der Waals surface area contributed by atoms with Gasteiger partial charge >= 0.3 is 0 Å². The molecular formula is C20H11ClFNO2S2. The van der Waals surface area contributed by atoms with Crippen molar-refractivity contribution in [2.24, 2.45) is 0 Å². The maximum Gasteiger partial charge on any atom is 0.270 e. The van der Waals surface area contributed by atoms with Crippen LogP contribution < -0.4 is 4.90 Å². The number of carbonyl (C=O) groups is 1. The highest BCUT2D eigenvalue weighted by Crippen LogP contribution is 2.37. The molecule has 1 fully saturated rings. The topological polar surface area (TPSA) is 33.5 Å². The van der Waals surface area contributed by atoms with Crippen molar-refractivity contribution in [3.63, 3.8) is 0 Å². The van der Waals surface area contributed by atoms with Gasteiger partial charge < -0.3 is 4.42 Å². The Morgan fingerprint density at radius 1 is 1.11 bits per heavy atom. The molecule has 0 unspecified atom stereocenters. The molecule has 1 saturated heterocycles. The van der Waals surface area contributed by atoms with Crippen molar-refractivity contribution in [3.8, 4) is 11.3 Å². The number of halogens is 2. The lowest BCUT2D eigenvalue weighted by molar-refractivity contribution is -0.113. The number of amides is 1. The summed E-state index contributed by atoms with van der Waals surface area (Å²) in [6, 6.07) is 17.4. The van der Waals surface area contributed by atoms with Crippen LogP contribution in [0, 0.1) is 5.82 Å². The highest BCUT2D eigenvalue weighted by molar-refractivity contribution is 8.27. The average Bonchev–Trinajstić information content (AvgIpc) is 3.23. The molecule has 134 valence electrons. The van der Waals surface area contributed by atoms with E-state index in [1.807, 2.05) is 36.4 Å². The van der Waals surface area contributed by atoms with Crippen LogP contribution in [0.2, 0.25) is 5.02 Å². The monoisotopic (exact) mass is 415 g/mol. The number of nitrogens with zero attached hydrogens (tertiary/aromatic N) is 1. The molecule has 0 bridgehead atoms. The first-order chi connectivity index (χ1) is 13.0. The van der Waals surface area contributed by atoms with Gasteiger partial charge in [-0.2, -0.15) is 0 Å². The Labute approximate surface area is 169 Å². The van der Waals surface area contributed by atoms with E-state index in [4.69, 9.17) is 28.2 Å². The lowest BCUT2D eigenvalue weighted by Crippen LogP contribution is -2.27. The molecule has 4 rings (SSSR count). The van der Waals surface area contributed by atoms with E-state index in [-0.39, 0.29) is 10.9 Å². The van der Waals surface area contributed by atoms with Gasteiger partial charge in [0.05, 0.1) is 15.6 Å². The van der Waals surface area contributed by atoms with E-state index in [1.54, 1.807) is 12.1 Å². The Morgan fingerprint density at radius 3 is 2.63 bits per heavy atom. The Bertz CT molecular complexity index is 1080. The number of furan rings is 1. The fraction of sp³-hybridized carbons (Fsp3) is 0. The molecule has 7 heteroatoms. The summed E-state index contributed by atoms with van der Waals surface area (Å²) in [6.07, 6.45) is 1.65. The fourth-order valence-electron chi connectivity index (χ4n) is 2.63. The van der Waals surface area contributed by atoms with Gasteiger partial charge in [-0.25, -0.2) is 4.39 Å². The number of thiocarbonyl (C=S) groups is 1. The molecule has 0 spiro atoms. The molecule has 3 aromatic rings. The van der Waals surface area contributed by atoms with Gasteiger partial charge in [-0.3, -0.25) is 9.69 Å². The molecule has 0 atom stereocenters. The zero-order chi connectivity index (χ0) is 19.0. The highest BCUT2D eigenvalue weighted by Gasteiger charge is 2.33. The Balaban J connectivity index is 1.62. The molecule has 1 amide bonds. The van der Waals surface area contributed by atoms with Crippen LogP contribution in [-0.2, 0) is 4.79 Å². The van der Waals surface area contributed by atoms with E-state index >= 15 is 0 Å². The van der Waals surface area contributed by atoms with Crippen molar-refractivity contribution < 1.29 is 13.6 Å². The summed E-state index contributed by atoms with van der Waals surface area (Å²) in [6.45, 7) is 0. The smallest absolute Gasteiger partial charge is 0.270 e. The van der Waals surface area contributed by atoms with Gasteiger partial charge in [-0.15, -0.1) is 0 Å². The second kappa shape index (κ2) is 7.31. The summed E-state index contributed by atoms with van der Waals surface area (Å²) in [5.41, 5.74) is 1.38. The van der Waals surface area contributed by atoms with E-state index in [0.717, 1.165) is 17.3 Å². The normalized spacial score (nSPS) is 15.8. The van der Waals surface area contributed by atoms with Gasteiger partial charge in [0.2, 0.25) is 0 Å². The minimum atomic E-state index is -0.551. The number of benzene rings is 2. The van der Waals surface area contributed by atoms with Crippen LogP contribution in [0.3, 0.4) is 0 Å². The van der Waals surface area contributed by atoms with E-state index in [1.165, 1.54) is 23.1 Å². The van der Waals surface area contributed by atoms with Gasteiger partial charge in [0.1, 0.15) is 17.3 Å². The lowest BCUT2D eigenvalue weighted by Gasteiger charge is -2.14. The van der Waals surface area contributed by atoms with E-state index in [2.05, 4.69) is 0 Å². The molecular weight excluding hydrogens is 405 g/mol. The number of hydrogen-bond acceptors (Lipinski definition) is 4. The van der Waals surface area contributed by atoms with Crippen LogP contribution in [0.15, 0.2) is 70.0 Å². The molecule has 1 aliphatic heterocycles. The van der Waals surface area contributed by atoms with Gasteiger partial charge in [0, 0.05) is 11.6 Å². The van der Waals surface area contributed by atoms with Crippen molar-refractivity contribution in [1.82, 2.24) is 0 Å². The van der Waals surface area contributed by atoms with Crippen LogP contribution in [0.4, 0.5) is 10.1 Å². The number of anilines is 1. The molecule has 0 radical (unpaired) electrons. The van der Waals surface area contributed by atoms with Crippen molar-refractivity contribution >= 4 is 57.6 Å². The molecule has 0 saturated carbocycles. The maximum atomic E-state index is 13.4. The molecule has 3 nitrogen and oxygen atoms in total. The zero-order valence-electron chi connectivity index (χ0n) is 13.7. The standard InChI is InChI=1S/C20H11ClFNO2S2/c21-15-10-13(6-8-16(15)22)23-19(24)18(27-20(23)26)11-14-7-9-17(25-14)12-4-2-1-3-5-12/h1-11H/b18-11+. The number of rotatable bonds is 3. The Morgan fingerprint density at radius 2 is 1.89 bits per heavy atom. The van der Waals surface area contributed by atoms with Crippen LogP contribution in [0.1, 0.15) is 5.76 Å². The summed E-state index contributed by atoms with van der Waals surface area (Å²) in [4.78, 5) is 14.5. The van der Waals surface area contributed by atoms with Crippen molar-refractivity contribution in [3.05, 3.63) is 82.2 Å². The van der Waals surface area contributed by atoms with Crippen molar-refractivity contribution in [1.29, 1.82) is 0 Å². The van der Waals surface area contributed by atoms with Gasteiger partial charge in [-0.05, 0) is 30.3 Å². The molecule has 1 aromatic heterocycles. The zero-order valence-corrected chi connectivity index (χ0v) is 16.1. The van der Waals surface area contributed by atoms with Crippen LogP contribution in [-0.4, -0.2) is 10.2 Å². The SMILES string of the molecule is O=C1/C(=C\c2ccc(-c3ccccc3)o2)SC(=S)N1c1ccc(F)c(Cl)c1. The Hall–Kier alpha value is -2.41. The van der Waals surface area contributed by atoms with Crippen LogP contribution >= 0.6 is 35.6 Å². The molecule has 1 aliphatic rings. The fourth-order valence-corrected chi connectivity index (χ4v) is 4.09. The minimum Gasteiger partial charge on any atom is -0.457 e. The maximum absolute atomic E-state index is 13.4. The third-order valence-corrected chi connectivity index (χ3v) is 5.51. The summed E-state index contributed by atoms with van der Waals surface area (Å²) in [7, 11) is 0. The van der Waals surface area contributed by atoms with Crippen molar-refractivity contribution in [2.75, 3.05) is 4.90 Å². The summed E-state index contributed by atoms with van der Waals surface area (Å²) in [5, 5.41) is -0.0657. The average molecular weight is 416 g/mol. The Kier molecular flexibility index (Phi) is 4.86. The lowest BCUT2D eigenvalue weighted by atomic mass is 10.2. The van der Waals surface area contributed by atoms with Crippen LogP contribution in [0.5, 0.6) is 0 Å². The van der Waals surface area contributed by atoms with E-state index in [9.17, 15) is 9.18 Å². The van der Waals surface area contributed by atoms with E-state index in [0.29, 0.717) is 26.4 Å². The largest absolute Gasteiger partial charge is 0.457 e. The first-order valence-corrected chi connectivity index (χ1v) is 9.51. The van der Waals surface area contributed by atoms with Gasteiger partial charge in [0.15, 0.2) is 4.32 Å². The second-order valence-electron chi connectivity index (χ2n) is 5.68. The highest BCUT2D eigenvalue weighted by atomic mass is 35.5.